The van der Waals surface area contributed by atoms with Gasteiger partial charge in [0.05, 0.1) is 5.56 Å². The van der Waals surface area contributed by atoms with Crippen molar-refractivity contribution < 1.29 is 9.13 Å². The van der Waals surface area contributed by atoms with Crippen molar-refractivity contribution >= 4 is 5.83 Å². The third-order valence-corrected chi connectivity index (χ3v) is 1.65. The molecule has 0 spiro atoms. The summed E-state index contributed by atoms with van der Waals surface area (Å²) in [4.78, 5) is 0. The molecule has 0 unspecified atom stereocenters. The summed E-state index contributed by atoms with van der Waals surface area (Å²) in [5.41, 5.74) is 0.554. The largest absolute Gasteiger partial charge is 0.489 e. The van der Waals surface area contributed by atoms with E-state index in [0.29, 0.717) is 17.9 Å². The van der Waals surface area contributed by atoms with Crippen LogP contribution in [0.4, 0.5) is 4.39 Å². The maximum absolute atomic E-state index is 13.0. The second kappa shape index (κ2) is 2.38. The van der Waals surface area contributed by atoms with Crippen molar-refractivity contribution in [3.63, 3.8) is 0 Å². The van der Waals surface area contributed by atoms with Crippen LogP contribution in [0.15, 0.2) is 30.3 Å². The summed E-state index contributed by atoms with van der Waals surface area (Å²) in [5, 5.41) is 0. The van der Waals surface area contributed by atoms with Crippen LogP contribution in [-0.4, -0.2) is 6.61 Å². The highest BCUT2D eigenvalue weighted by atomic mass is 19.1. The van der Waals surface area contributed by atoms with E-state index in [9.17, 15) is 4.39 Å². The summed E-state index contributed by atoms with van der Waals surface area (Å²) in [6.07, 6.45) is 1.43. The molecule has 0 amide bonds. The number of halogens is 1. The number of rotatable bonds is 0. The molecule has 11 heavy (non-hydrogen) atoms. The molecule has 1 aromatic carbocycles. The van der Waals surface area contributed by atoms with E-state index in [1.54, 1.807) is 18.2 Å². The lowest BCUT2D eigenvalue weighted by atomic mass is 10.1. The first-order valence-corrected chi connectivity index (χ1v) is 3.46. The van der Waals surface area contributed by atoms with E-state index in [0.717, 1.165) is 0 Å². The van der Waals surface area contributed by atoms with Gasteiger partial charge in [-0.3, -0.25) is 0 Å². The van der Waals surface area contributed by atoms with Crippen molar-refractivity contribution in [2.24, 2.45) is 0 Å². The van der Waals surface area contributed by atoms with E-state index >= 15 is 0 Å². The first-order valence-electron chi connectivity index (χ1n) is 3.46. The van der Waals surface area contributed by atoms with Crippen molar-refractivity contribution in [1.82, 2.24) is 0 Å². The van der Waals surface area contributed by atoms with Gasteiger partial charge in [0.1, 0.15) is 18.2 Å². The molecule has 56 valence electrons. The van der Waals surface area contributed by atoms with Gasteiger partial charge in [-0.2, -0.15) is 0 Å². The number of hydrogen-bond donors (Lipinski definition) is 0. The molecular formula is C9H7FO. The highest BCUT2D eigenvalue weighted by molar-refractivity contribution is 5.66. The third-order valence-electron chi connectivity index (χ3n) is 1.65. The van der Waals surface area contributed by atoms with Crippen LogP contribution >= 0.6 is 0 Å². The van der Waals surface area contributed by atoms with Crippen LogP contribution in [0.3, 0.4) is 0 Å². The lowest BCUT2D eigenvalue weighted by Crippen LogP contribution is -2.01. The fraction of sp³-hybridized carbons (Fsp3) is 0.111. The molecule has 2 rings (SSSR count). The summed E-state index contributed by atoms with van der Waals surface area (Å²) in [6, 6.07) is 7.10. The minimum absolute atomic E-state index is 0.188. The van der Waals surface area contributed by atoms with E-state index in [1.807, 2.05) is 6.07 Å². The van der Waals surface area contributed by atoms with Gasteiger partial charge in [-0.25, -0.2) is 4.39 Å². The molecule has 0 aromatic heterocycles. The van der Waals surface area contributed by atoms with E-state index < -0.39 is 0 Å². The lowest BCUT2D eigenvalue weighted by molar-refractivity contribution is 0.353. The monoisotopic (exact) mass is 150 g/mol. The maximum Gasteiger partial charge on any atom is 0.133 e. The number of fused-ring (bicyclic) bond motifs is 1. The average molecular weight is 150 g/mol. The zero-order valence-corrected chi connectivity index (χ0v) is 5.88. The van der Waals surface area contributed by atoms with Crippen LogP contribution < -0.4 is 4.74 Å². The van der Waals surface area contributed by atoms with Crippen molar-refractivity contribution in [2.75, 3.05) is 6.61 Å². The Morgan fingerprint density at radius 1 is 1.27 bits per heavy atom. The molecule has 0 atom stereocenters. The summed E-state index contributed by atoms with van der Waals surface area (Å²) in [7, 11) is 0. The van der Waals surface area contributed by atoms with E-state index in [1.165, 1.54) is 6.08 Å². The van der Waals surface area contributed by atoms with Gasteiger partial charge in [-0.05, 0) is 18.2 Å². The number of para-hydroxylation sites is 1. The smallest absolute Gasteiger partial charge is 0.133 e. The Kier molecular flexibility index (Phi) is 1.39. The molecule has 0 N–H and O–H groups in total. The van der Waals surface area contributed by atoms with Gasteiger partial charge in [-0.15, -0.1) is 0 Å². The summed E-state index contributed by atoms with van der Waals surface area (Å²) in [5.74, 6) is 0.444. The Bertz CT molecular complexity index is 304. The van der Waals surface area contributed by atoms with E-state index in [2.05, 4.69) is 0 Å². The van der Waals surface area contributed by atoms with Gasteiger partial charge in [0.2, 0.25) is 0 Å². The van der Waals surface area contributed by atoms with Crippen molar-refractivity contribution in [1.29, 1.82) is 0 Å². The molecule has 1 aliphatic rings. The van der Waals surface area contributed by atoms with Crippen LogP contribution in [0.25, 0.3) is 5.83 Å². The molecule has 1 aliphatic heterocycles. The first-order chi connectivity index (χ1) is 5.38. The molecule has 0 radical (unpaired) electrons. The third kappa shape index (κ3) is 1.00. The second-order valence-electron chi connectivity index (χ2n) is 2.36. The van der Waals surface area contributed by atoms with Crippen molar-refractivity contribution in [2.45, 2.75) is 0 Å². The molecule has 0 saturated heterocycles. The summed E-state index contributed by atoms with van der Waals surface area (Å²) >= 11 is 0. The second-order valence-corrected chi connectivity index (χ2v) is 2.36. The highest BCUT2D eigenvalue weighted by Crippen LogP contribution is 2.29. The molecular weight excluding hydrogens is 143 g/mol. The van der Waals surface area contributed by atoms with Crippen molar-refractivity contribution in [3.05, 3.63) is 35.9 Å². The molecule has 0 aliphatic carbocycles. The number of ether oxygens (including phenoxy) is 1. The van der Waals surface area contributed by atoms with E-state index in [4.69, 9.17) is 4.74 Å². The Balaban J connectivity index is 2.56. The Morgan fingerprint density at radius 3 is 2.91 bits per heavy atom. The van der Waals surface area contributed by atoms with Gasteiger partial charge >= 0.3 is 0 Å². The quantitative estimate of drug-likeness (QED) is 0.551. The molecule has 0 fully saturated rings. The van der Waals surface area contributed by atoms with Crippen LogP contribution in [0.2, 0.25) is 0 Å². The lowest BCUT2D eigenvalue weighted by Gasteiger charge is -2.12. The van der Waals surface area contributed by atoms with Crippen LogP contribution in [-0.2, 0) is 0 Å². The fourth-order valence-electron chi connectivity index (χ4n) is 1.10. The molecule has 1 nitrogen and oxygen atoms in total. The predicted molar refractivity (Wildman–Crippen MR) is 41.0 cm³/mol. The first kappa shape index (κ1) is 6.40. The van der Waals surface area contributed by atoms with Gasteiger partial charge in [0.15, 0.2) is 0 Å². The average Bonchev–Trinajstić information content (AvgIpc) is 2.06. The standard InChI is InChI=1S/C9H7FO/c10-8-5-6-11-9-4-2-1-3-7(8)9/h1-5H,6H2. The zero-order valence-electron chi connectivity index (χ0n) is 5.88. The SMILES string of the molecule is FC1=CCOc2ccccc21. The van der Waals surface area contributed by atoms with Gasteiger partial charge in [0.25, 0.3) is 0 Å². The number of benzene rings is 1. The van der Waals surface area contributed by atoms with Crippen LogP contribution in [0.5, 0.6) is 5.75 Å². The van der Waals surface area contributed by atoms with Crippen molar-refractivity contribution in [3.8, 4) is 5.75 Å². The topological polar surface area (TPSA) is 9.23 Å². The van der Waals surface area contributed by atoms with Gasteiger partial charge in [-0.1, -0.05) is 12.1 Å². The Hall–Kier alpha value is -1.31. The molecule has 0 saturated carbocycles. The molecule has 1 aromatic rings. The Morgan fingerprint density at radius 2 is 2.09 bits per heavy atom. The predicted octanol–water partition coefficient (Wildman–Crippen LogP) is 2.39. The van der Waals surface area contributed by atoms with Crippen LogP contribution in [0.1, 0.15) is 5.56 Å². The summed E-state index contributed by atoms with van der Waals surface area (Å²) < 4.78 is 18.1. The van der Waals surface area contributed by atoms with Crippen LogP contribution in [0, 0.1) is 0 Å². The number of hydrogen-bond acceptors (Lipinski definition) is 1. The minimum atomic E-state index is -0.188. The van der Waals surface area contributed by atoms with E-state index in [-0.39, 0.29) is 5.83 Å². The zero-order chi connectivity index (χ0) is 7.68. The fourth-order valence-corrected chi connectivity index (χ4v) is 1.10. The minimum Gasteiger partial charge on any atom is -0.489 e. The molecule has 0 bridgehead atoms. The molecule has 2 heteroatoms. The Labute approximate surface area is 64.1 Å². The maximum atomic E-state index is 13.0. The normalized spacial score (nSPS) is 14.8. The highest BCUT2D eigenvalue weighted by Gasteiger charge is 2.11. The van der Waals surface area contributed by atoms with Gasteiger partial charge < -0.3 is 4.74 Å². The van der Waals surface area contributed by atoms with Gasteiger partial charge in [0, 0.05) is 0 Å². The molecule has 1 heterocycles. The summed E-state index contributed by atoms with van der Waals surface area (Å²) in [6.45, 7) is 0.336.